The number of ether oxygens (including phenoxy) is 1. The lowest BCUT2D eigenvalue weighted by Gasteiger charge is -2.08. The molecule has 2 rings (SSSR count). The average molecular weight is 273 g/mol. The van der Waals surface area contributed by atoms with E-state index in [4.69, 9.17) is 4.74 Å². The summed E-state index contributed by atoms with van der Waals surface area (Å²) in [6.07, 6.45) is 1.45. The minimum Gasteiger partial charge on any atom is -0.466 e. The van der Waals surface area contributed by atoms with E-state index in [1.54, 1.807) is 31.2 Å². The van der Waals surface area contributed by atoms with E-state index in [0.717, 1.165) is 5.56 Å². The first-order chi connectivity index (χ1) is 9.63. The standard InChI is InChI=1S/C15H15NO4/c1-2-20-12(17)9-8-11-13(15(19)16-14(11)18)10-6-4-3-5-7-10/h3-8,13H,2,9H2,1H3,(H,16,18,19)/b11-8+. The molecule has 1 aliphatic heterocycles. The maximum atomic E-state index is 11.9. The maximum Gasteiger partial charge on any atom is 0.309 e. The van der Waals surface area contributed by atoms with Gasteiger partial charge in [0.1, 0.15) is 0 Å². The molecule has 1 aromatic carbocycles. The van der Waals surface area contributed by atoms with Gasteiger partial charge in [-0.3, -0.25) is 19.7 Å². The first kappa shape index (κ1) is 14.0. The van der Waals surface area contributed by atoms with Gasteiger partial charge in [0.25, 0.3) is 5.91 Å². The number of amides is 2. The van der Waals surface area contributed by atoms with Crippen molar-refractivity contribution in [2.24, 2.45) is 0 Å². The Balaban J connectivity index is 2.24. The zero-order valence-corrected chi connectivity index (χ0v) is 11.1. The largest absolute Gasteiger partial charge is 0.466 e. The van der Waals surface area contributed by atoms with Gasteiger partial charge in [0.15, 0.2) is 0 Å². The van der Waals surface area contributed by atoms with E-state index in [0.29, 0.717) is 5.57 Å². The van der Waals surface area contributed by atoms with Crippen LogP contribution in [0.15, 0.2) is 42.0 Å². The highest BCUT2D eigenvalue weighted by Crippen LogP contribution is 2.29. The fraction of sp³-hybridized carbons (Fsp3) is 0.267. The van der Waals surface area contributed by atoms with Gasteiger partial charge >= 0.3 is 5.97 Å². The fourth-order valence-corrected chi connectivity index (χ4v) is 2.13. The molecule has 1 aromatic rings. The summed E-state index contributed by atoms with van der Waals surface area (Å²) in [6, 6.07) is 8.99. The molecule has 2 amide bonds. The number of rotatable bonds is 4. The van der Waals surface area contributed by atoms with Crippen LogP contribution < -0.4 is 5.32 Å². The Hall–Kier alpha value is -2.43. The summed E-state index contributed by atoms with van der Waals surface area (Å²) in [5, 5.41) is 2.27. The number of carbonyl (C=O) groups excluding carboxylic acids is 3. The molecule has 1 atom stereocenters. The Labute approximate surface area is 116 Å². The van der Waals surface area contributed by atoms with Crippen LogP contribution in [-0.2, 0) is 19.1 Å². The molecule has 1 saturated heterocycles. The van der Waals surface area contributed by atoms with Crippen molar-refractivity contribution in [2.75, 3.05) is 6.61 Å². The van der Waals surface area contributed by atoms with Gasteiger partial charge in [0.05, 0.1) is 18.9 Å². The Morgan fingerprint density at radius 3 is 2.65 bits per heavy atom. The second-order valence-electron chi connectivity index (χ2n) is 4.33. The third kappa shape index (κ3) is 2.93. The van der Waals surface area contributed by atoms with Gasteiger partial charge in [-0.15, -0.1) is 0 Å². The van der Waals surface area contributed by atoms with Crippen molar-refractivity contribution in [3.8, 4) is 0 Å². The van der Waals surface area contributed by atoms with E-state index >= 15 is 0 Å². The maximum absolute atomic E-state index is 11.9. The molecule has 104 valence electrons. The smallest absolute Gasteiger partial charge is 0.309 e. The van der Waals surface area contributed by atoms with Gasteiger partial charge in [-0.2, -0.15) is 0 Å². The van der Waals surface area contributed by atoms with Crippen molar-refractivity contribution in [3.63, 3.8) is 0 Å². The summed E-state index contributed by atoms with van der Waals surface area (Å²) in [5.74, 6) is -1.89. The van der Waals surface area contributed by atoms with Crippen molar-refractivity contribution >= 4 is 17.8 Å². The molecule has 0 aliphatic carbocycles. The second-order valence-corrected chi connectivity index (χ2v) is 4.33. The third-order valence-corrected chi connectivity index (χ3v) is 3.00. The van der Waals surface area contributed by atoms with Crippen LogP contribution in [0.1, 0.15) is 24.8 Å². The van der Waals surface area contributed by atoms with E-state index < -0.39 is 17.8 Å². The van der Waals surface area contributed by atoms with Crippen LogP contribution in [-0.4, -0.2) is 24.4 Å². The number of carbonyl (C=O) groups is 3. The Morgan fingerprint density at radius 1 is 1.30 bits per heavy atom. The third-order valence-electron chi connectivity index (χ3n) is 3.00. The second kappa shape index (κ2) is 6.14. The van der Waals surface area contributed by atoms with Crippen molar-refractivity contribution in [1.82, 2.24) is 5.32 Å². The zero-order valence-electron chi connectivity index (χ0n) is 11.1. The van der Waals surface area contributed by atoms with Crippen molar-refractivity contribution in [2.45, 2.75) is 19.3 Å². The molecular weight excluding hydrogens is 258 g/mol. The van der Waals surface area contributed by atoms with Gasteiger partial charge in [-0.05, 0) is 12.5 Å². The number of hydrogen-bond donors (Lipinski definition) is 1. The SMILES string of the molecule is CCOC(=O)C/C=C1/C(=O)NC(=O)C1c1ccccc1. The molecule has 1 fully saturated rings. The van der Waals surface area contributed by atoms with Crippen LogP contribution in [0.3, 0.4) is 0 Å². The van der Waals surface area contributed by atoms with E-state index in [1.165, 1.54) is 6.08 Å². The molecule has 5 nitrogen and oxygen atoms in total. The molecule has 0 bridgehead atoms. The first-order valence-electron chi connectivity index (χ1n) is 6.39. The summed E-state index contributed by atoms with van der Waals surface area (Å²) in [5.41, 5.74) is 1.03. The Bertz CT molecular complexity index is 562. The van der Waals surface area contributed by atoms with Crippen molar-refractivity contribution in [1.29, 1.82) is 0 Å². The molecule has 0 aromatic heterocycles. The molecule has 0 radical (unpaired) electrons. The summed E-state index contributed by atoms with van der Waals surface area (Å²) in [7, 11) is 0. The Kier molecular flexibility index (Phi) is 4.30. The predicted molar refractivity (Wildman–Crippen MR) is 71.7 cm³/mol. The summed E-state index contributed by atoms with van der Waals surface area (Å²) >= 11 is 0. The molecule has 1 N–H and O–H groups in total. The van der Waals surface area contributed by atoms with Crippen LogP contribution in [0.4, 0.5) is 0 Å². The molecule has 1 aliphatic rings. The molecule has 5 heteroatoms. The van der Waals surface area contributed by atoms with Crippen LogP contribution in [0.2, 0.25) is 0 Å². The predicted octanol–water partition coefficient (Wildman–Crippen LogP) is 1.31. The highest BCUT2D eigenvalue weighted by molar-refractivity contribution is 6.17. The Morgan fingerprint density at radius 2 is 2.00 bits per heavy atom. The van der Waals surface area contributed by atoms with Gasteiger partial charge in [0, 0.05) is 5.57 Å². The topological polar surface area (TPSA) is 72.5 Å². The molecule has 20 heavy (non-hydrogen) atoms. The van der Waals surface area contributed by atoms with E-state index in [1.807, 2.05) is 6.07 Å². The van der Waals surface area contributed by atoms with Crippen molar-refractivity contribution < 1.29 is 19.1 Å². The summed E-state index contributed by atoms with van der Waals surface area (Å²) in [4.78, 5) is 35.0. The summed E-state index contributed by atoms with van der Waals surface area (Å²) < 4.78 is 4.80. The molecule has 1 unspecified atom stereocenters. The molecule has 0 spiro atoms. The first-order valence-corrected chi connectivity index (χ1v) is 6.39. The van der Waals surface area contributed by atoms with E-state index in [-0.39, 0.29) is 18.9 Å². The summed E-state index contributed by atoms with van der Waals surface area (Å²) in [6.45, 7) is 2.00. The van der Waals surface area contributed by atoms with Crippen LogP contribution in [0.25, 0.3) is 0 Å². The minimum absolute atomic E-state index is 0.0206. The zero-order chi connectivity index (χ0) is 14.5. The lowest BCUT2D eigenvalue weighted by molar-refractivity contribution is -0.142. The van der Waals surface area contributed by atoms with Gasteiger partial charge in [0.2, 0.25) is 5.91 Å². The highest BCUT2D eigenvalue weighted by Gasteiger charge is 2.37. The number of imide groups is 1. The number of nitrogens with one attached hydrogen (secondary N) is 1. The van der Waals surface area contributed by atoms with Gasteiger partial charge in [-0.1, -0.05) is 36.4 Å². The molecule has 1 heterocycles. The lowest BCUT2D eigenvalue weighted by atomic mass is 9.92. The molecular formula is C15H15NO4. The lowest BCUT2D eigenvalue weighted by Crippen LogP contribution is -2.21. The average Bonchev–Trinajstić information content (AvgIpc) is 2.72. The quantitative estimate of drug-likeness (QED) is 0.510. The number of hydrogen-bond acceptors (Lipinski definition) is 4. The van der Waals surface area contributed by atoms with Crippen LogP contribution in [0, 0.1) is 0 Å². The molecule has 0 saturated carbocycles. The highest BCUT2D eigenvalue weighted by atomic mass is 16.5. The van der Waals surface area contributed by atoms with E-state index in [2.05, 4.69) is 5.32 Å². The van der Waals surface area contributed by atoms with Crippen LogP contribution in [0.5, 0.6) is 0 Å². The van der Waals surface area contributed by atoms with Crippen LogP contribution >= 0.6 is 0 Å². The normalized spacial score (nSPS) is 20.1. The van der Waals surface area contributed by atoms with Crippen molar-refractivity contribution in [3.05, 3.63) is 47.5 Å². The van der Waals surface area contributed by atoms with Gasteiger partial charge < -0.3 is 4.74 Å². The van der Waals surface area contributed by atoms with E-state index in [9.17, 15) is 14.4 Å². The number of esters is 1. The number of benzene rings is 1. The fourth-order valence-electron chi connectivity index (χ4n) is 2.13. The van der Waals surface area contributed by atoms with Gasteiger partial charge in [-0.25, -0.2) is 0 Å². The minimum atomic E-state index is -0.655. The monoisotopic (exact) mass is 273 g/mol.